The first-order valence-electron chi connectivity index (χ1n) is 10.4. The van der Waals surface area contributed by atoms with Gasteiger partial charge in [-0.05, 0) is 54.0 Å². The van der Waals surface area contributed by atoms with Gasteiger partial charge in [-0.2, -0.15) is 0 Å². The lowest BCUT2D eigenvalue weighted by Gasteiger charge is -2.29. The minimum Gasteiger partial charge on any atom is -0.466 e. The standard InChI is InChI=1S/C18H39NO8P2/c1-6-23-18(20)14-12-11-13-15-19(16-28(21,24-7-2)25-8-3)17-29(22,26-9-4)27-10-5/h6-17H2,1-5H3. The van der Waals surface area contributed by atoms with Crippen molar-refractivity contribution in [2.24, 2.45) is 0 Å². The average molecular weight is 459 g/mol. The van der Waals surface area contributed by atoms with Gasteiger partial charge in [0.1, 0.15) is 12.6 Å². The topological polar surface area (TPSA) is 101 Å². The van der Waals surface area contributed by atoms with E-state index in [2.05, 4.69) is 0 Å². The molecule has 0 fully saturated rings. The maximum atomic E-state index is 13.0. The van der Waals surface area contributed by atoms with Gasteiger partial charge in [0.2, 0.25) is 0 Å². The molecule has 0 bridgehead atoms. The fourth-order valence-electron chi connectivity index (χ4n) is 2.72. The normalized spacial score (nSPS) is 12.5. The van der Waals surface area contributed by atoms with Crippen molar-refractivity contribution in [3.63, 3.8) is 0 Å². The molecule has 0 saturated heterocycles. The largest absolute Gasteiger partial charge is 0.466 e. The number of nitrogens with zero attached hydrogens (tertiary/aromatic N) is 1. The van der Waals surface area contributed by atoms with Gasteiger partial charge in [0.05, 0.1) is 33.0 Å². The Hall–Kier alpha value is -0.270. The van der Waals surface area contributed by atoms with Crippen LogP contribution in [0, 0.1) is 0 Å². The lowest BCUT2D eigenvalue weighted by molar-refractivity contribution is -0.143. The van der Waals surface area contributed by atoms with E-state index in [1.54, 1.807) is 39.5 Å². The Bertz CT molecular complexity index is 480. The number of unbranched alkanes of at least 4 members (excludes halogenated alkanes) is 2. The van der Waals surface area contributed by atoms with Gasteiger partial charge >= 0.3 is 21.2 Å². The second-order valence-corrected chi connectivity index (χ2v) is 10.2. The van der Waals surface area contributed by atoms with Crippen molar-refractivity contribution in [1.29, 1.82) is 0 Å². The third-order valence-electron chi connectivity index (χ3n) is 3.71. The van der Waals surface area contributed by atoms with Crippen LogP contribution >= 0.6 is 15.2 Å². The van der Waals surface area contributed by atoms with E-state index in [0.717, 1.165) is 12.8 Å². The Morgan fingerprint density at radius 1 is 0.690 bits per heavy atom. The van der Waals surface area contributed by atoms with E-state index in [0.29, 0.717) is 26.0 Å². The van der Waals surface area contributed by atoms with E-state index < -0.39 is 15.2 Å². The molecule has 0 spiro atoms. The lowest BCUT2D eigenvalue weighted by Crippen LogP contribution is -2.29. The van der Waals surface area contributed by atoms with Crippen molar-refractivity contribution in [3.05, 3.63) is 0 Å². The second-order valence-electron chi connectivity index (χ2n) is 6.19. The summed E-state index contributed by atoms with van der Waals surface area (Å²) in [6, 6.07) is 0. The Balaban J connectivity index is 5.01. The van der Waals surface area contributed by atoms with E-state index in [9.17, 15) is 13.9 Å². The number of rotatable bonds is 19. The maximum Gasteiger partial charge on any atom is 0.344 e. The van der Waals surface area contributed by atoms with Gasteiger partial charge in [0, 0.05) is 6.42 Å². The first-order valence-corrected chi connectivity index (χ1v) is 13.9. The maximum absolute atomic E-state index is 13.0. The molecular formula is C18H39NO8P2. The summed E-state index contributed by atoms with van der Waals surface area (Å²) in [6.45, 7) is 10.6. The Labute approximate surface area is 175 Å². The van der Waals surface area contributed by atoms with Crippen LogP contribution in [-0.2, 0) is 36.8 Å². The molecule has 0 aromatic carbocycles. The molecule has 0 aliphatic rings. The Morgan fingerprint density at radius 2 is 1.14 bits per heavy atom. The zero-order valence-corrected chi connectivity index (χ0v) is 20.4. The molecular weight excluding hydrogens is 420 g/mol. The van der Waals surface area contributed by atoms with Gasteiger partial charge in [0.15, 0.2) is 0 Å². The van der Waals surface area contributed by atoms with Crippen LogP contribution < -0.4 is 0 Å². The highest BCUT2D eigenvalue weighted by Gasteiger charge is 2.33. The third kappa shape index (κ3) is 13.6. The molecule has 0 aromatic rings. The van der Waals surface area contributed by atoms with Crippen LogP contribution in [-0.4, -0.2) is 63.0 Å². The smallest absolute Gasteiger partial charge is 0.344 e. The molecule has 174 valence electrons. The van der Waals surface area contributed by atoms with E-state index in [1.165, 1.54) is 0 Å². The van der Waals surface area contributed by atoms with Crippen LogP contribution in [0.2, 0.25) is 0 Å². The molecule has 0 heterocycles. The summed E-state index contributed by atoms with van der Waals surface area (Å²) in [5, 5.41) is 0. The van der Waals surface area contributed by atoms with Crippen molar-refractivity contribution >= 4 is 21.2 Å². The van der Waals surface area contributed by atoms with E-state index in [-0.39, 0.29) is 45.0 Å². The van der Waals surface area contributed by atoms with Crippen LogP contribution in [0.25, 0.3) is 0 Å². The summed E-state index contributed by atoms with van der Waals surface area (Å²) < 4.78 is 52.4. The summed E-state index contributed by atoms with van der Waals surface area (Å²) in [5.41, 5.74) is 0. The molecule has 0 N–H and O–H groups in total. The predicted molar refractivity (Wildman–Crippen MR) is 113 cm³/mol. The molecule has 0 amide bonds. The minimum atomic E-state index is -3.36. The SMILES string of the molecule is CCOC(=O)CCCCCN(CP(=O)(OCC)OCC)CP(=O)(OCC)OCC. The molecule has 0 rings (SSSR count). The summed E-state index contributed by atoms with van der Waals surface area (Å²) in [4.78, 5) is 13.2. The van der Waals surface area contributed by atoms with Crippen molar-refractivity contribution in [2.45, 2.75) is 60.3 Å². The van der Waals surface area contributed by atoms with Crippen molar-refractivity contribution in [1.82, 2.24) is 4.90 Å². The molecule has 0 saturated carbocycles. The Morgan fingerprint density at radius 3 is 1.52 bits per heavy atom. The van der Waals surface area contributed by atoms with Crippen LogP contribution in [0.5, 0.6) is 0 Å². The number of ether oxygens (including phenoxy) is 1. The number of hydrogen-bond donors (Lipinski definition) is 0. The molecule has 0 atom stereocenters. The van der Waals surface area contributed by atoms with Crippen LogP contribution in [0.4, 0.5) is 0 Å². The monoisotopic (exact) mass is 459 g/mol. The number of carbonyl (C=O) groups is 1. The molecule has 29 heavy (non-hydrogen) atoms. The zero-order valence-electron chi connectivity index (χ0n) is 18.6. The lowest BCUT2D eigenvalue weighted by atomic mass is 10.2. The summed E-state index contributed by atoms with van der Waals surface area (Å²) in [6.07, 6.45) is 2.54. The van der Waals surface area contributed by atoms with Gasteiger partial charge in [-0.25, -0.2) is 0 Å². The van der Waals surface area contributed by atoms with E-state index in [4.69, 9.17) is 22.8 Å². The Kier molecular flexibility index (Phi) is 16.3. The summed E-state index contributed by atoms with van der Waals surface area (Å²) in [5.74, 6) is -0.209. The van der Waals surface area contributed by atoms with Crippen LogP contribution in [0.3, 0.4) is 0 Å². The van der Waals surface area contributed by atoms with Gasteiger partial charge in [-0.1, -0.05) is 6.42 Å². The molecule has 0 aromatic heterocycles. The zero-order chi connectivity index (χ0) is 22.2. The number of carbonyl (C=O) groups excluding carboxylic acids is 1. The van der Waals surface area contributed by atoms with Gasteiger partial charge in [-0.15, -0.1) is 0 Å². The predicted octanol–water partition coefficient (Wildman–Crippen LogP) is 4.86. The van der Waals surface area contributed by atoms with Crippen molar-refractivity contribution < 1.29 is 36.8 Å². The highest BCUT2D eigenvalue weighted by atomic mass is 31.2. The van der Waals surface area contributed by atoms with Crippen LogP contribution in [0.15, 0.2) is 0 Å². The fraction of sp³-hybridized carbons (Fsp3) is 0.944. The highest BCUT2D eigenvalue weighted by Crippen LogP contribution is 2.53. The van der Waals surface area contributed by atoms with E-state index >= 15 is 0 Å². The van der Waals surface area contributed by atoms with Crippen LogP contribution in [0.1, 0.15) is 60.3 Å². The molecule has 0 aliphatic carbocycles. The molecule has 0 unspecified atom stereocenters. The number of hydrogen-bond acceptors (Lipinski definition) is 9. The molecule has 0 radical (unpaired) electrons. The van der Waals surface area contributed by atoms with Crippen molar-refractivity contribution in [3.8, 4) is 0 Å². The minimum absolute atomic E-state index is 0.00328. The average Bonchev–Trinajstić information content (AvgIpc) is 2.62. The van der Waals surface area contributed by atoms with Gasteiger partial charge < -0.3 is 22.8 Å². The third-order valence-corrected chi connectivity index (χ3v) is 7.81. The van der Waals surface area contributed by atoms with Gasteiger partial charge in [0.25, 0.3) is 0 Å². The summed E-state index contributed by atoms with van der Waals surface area (Å²) >= 11 is 0. The van der Waals surface area contributed by atoms with E-state index in [1.807, 2.05) is 0 Å². The highest BCUT2D eigenvalue weighted by molar-refractivity contribution is 7.54. The first kappa shape index (κ1) is 28.7. The second kappa shape index (κ2) is 16.4. The fourth-order valence-corrected chi connectivity index (χ4v) is 6.38. The number of esters is 1. The quantitative estimate of drug-likeness (QED) is 0.152. The van der Waals surface area contributed by atoms with Crippen molar-refractivity contribution in [2.75, 3.05) is 52.2 Å². The van der Waals surface area contributed by atoms with Gasteiger partial charge in [-0.3, -0.25) is 18.8 Å². The first-order chi connectivity index (χ1) is 13.8. The molecule has 9 nitrogen and oxygen atoms in total. The summed E-state index contributed by atoms with van der Waals surface area (Å²) in [7, 11) is -6.72. The molecule has 0 aliphatic heterocycles. The molecule has 11 heteroatoms.